The average Bonchev–Trinajstić information content (AvgIpc) is 2.83. The molecule has 3 N–H and O–H groups in total. The van der Waals surface area contributed by atoms with E-state index in [-0.39, 0.29) is 12.5 Å². The largest absolute Gasteiger partial charge is 0.481 e. The Bertz CT molecular complexity index is 564. The summed E-state index contributed by atoms with van der Waals surface area (Å²) in [5.74, 6) is -0.991. The molecule has 1 amide bonds. The Morgan fingerprint density at radius 3 is 2.65 bits per heavy atom. The molecule has 1 aromatic carbocycles. The second kappa shape index (κ2) is 4.90. The van der Waals surface area contributed by atoms with Crippen LogP contribution in [0.2, 0.25) is 0 Å². The highest BCUT2D eigenvalue weighted by atomic mass is 16.4. The van der Waals surface area contributed by atoms with Crippen LogP contribution in [0.5, 0.6) is 0 Å². The topological polar surface area (TPSA) is 78.4 Å². The van der Waals surface area contributed by atoms with Gasteiger partial charge in [-0.25, -0.2) is 0 Å². The third-order valence-corrected chi connectivity index (χ3v) is 4.45. The van der Waals surface area contributed by atoms with Gasteiger partial charge in [0.2, 0.25) is 0 Å². The lowest BCUT2D eigenvalue weighted by atomic mass is 9.69. The van der Waals surface area contributed by atoms with Crippen LogP contribution >= 0.6 is 0 Å². The van der Waals surface area contributed by atoms with Crippen molar-refractivity contribution in [1.29, 1.82) is 0 Å². The molecule has 1 fully saturated rings. The minimum absolute atomic E-state index is 0.188. The van der Waals surface area contributed by atoms with Crippen LogP contribution in [0.3, 0.4) is 0 Å². The zero-order chi connectivity index (χ0) is 14.2. The van der Waals surface area contributed by atoms with Crippen molar-refractivity contribution in [2.75, 3.05) is 6.54 Å². The lowest BCUT2D eigenvalue weighted by molar-refractivity contribution is -0.153. The Hall–Kier alpha value is -1.88. The van der Waals surface area contributed by atoms with Crippen molar-refractivity contribution in [3.05, 3.63) is 34.9 Å². The minimum Gasteiger partial charge on any atom is -0.481 e. The highest BCUT2D eigenvalue weighted by molar-refractivity contribution is 5.95. The molecule has 0 unspecified atom stereocenters. The van der Waals surface area contributed by atoms with Gasteiger partial charge in [0, 0.05) is 25.2 Å². The van der Waals surface area contributed by atoms with Crippen LogP contribution in [0.4, 0.5) is 0 Å². The molecule has 3 rings (SSSR count). The first-order valence-electron chi connectivity index (χ1n) is 6.95. The van der Waals surface area contributed by atoms with Gasteiger partial charge in [0.1, 0.15) is 0 Å². The molecule has 5 heteroatoms. The van der Waals surface area contributed by atoms with Gasteiger partial charge in [0.05, 0.1) is 5.41 Å². The fraction of sp³-hybridized carbons (Fsp3) is 0.467. The van der Waals surface area contributed by atoms with Gasteiger partial charge in [-0.15, -0.1) is 0 Å². The minimum atomic E-state index is -0.804. The molecule has 0 bridgehead atoms. The van der Waals surface area contributed by atoms with Gasteiger partial charge in [0.15, 0.2) is 0 Å². The van der Waals surface area contributed by atoms with Crippen LogP contribution in [-0.2, 0) is 17.9 Å². The highest BCUT2D eigenvalue weighted by Crippen LogP contribution is 2.40. The maximum atomic E-state index is 12.1. The number of nitrogens with one attached hydrogen (secondary N) is 2. The number of fused-ring (bicyclic) bond motifs is 1. The number of hydrogen-bond donors (Lipinski definition) is 3. The maximum absolute atomic E-state index is 12.1. The van der Waals surface area contributed by atoms with Gasteiger partial charge in [-0.2, -0.15) is 0 Å². The van der Waals surface area contributed by atoms with Crippen LogP contribution < -0.4 is 10.6 Å². The molecule has 1 saturated carbocycles. The molecule has 5 nitrogen and oxygen atoms in total. The van der Waals surface area contributed by atoms with Gasteiger partial charge in [0.25, 0.3) is 5.91 Å². The molecule has 1 aliphatic heterocycles. The molecule has 1 aromatic rings. The van der Waals surface area contributed by atoms with Crippen molar-refractivity contribution in [2.24, 2.45) is 5.41 Å². The lowest BCUT2D eigenvalue weighted by Crippen LogP contribution is -2.47. The van der Waals surface area contributed by atoms with Crippen LogP contribution in [-0.4, -0.2) is 23.5 Å². The van der Waals surface area contributed by atoms with E-state index in [9.17, 15) is 14.7 Å². The summed E-state index contributed by atoms with van der Waals surface area (Å²) < 4.78 is 0. The van der Waals surface area contributed by atoms with E-state index < -0.39 is 11.4 Å². The summed E-state index contributed by atoms with van der Waals surface area (Å²) in [6.45, 7) is 1.85. The number of carbonyl (C=O) groups excluding carboxylic acids is 1. The van der Waals surface area contributed by atoms with E-state index in [1.807, 2.05) is 12.1 Å². The SMILES string of the molecule is O=C(NCC1(C(=O)O)CCC1)c1ccc2c(c1)CNC2. The number of aliphatic carboxylic acids is 1. The van der Waals surface area contributed by atoms with E-state index in [0.717, 1.165) is 25.1 Å². The van der Waals surface area contributed by atoms with Crippen molar-refractivity contribution in [3.63, 3.8) is 0 Å². The summed E-state index contributed by atoms with van der Waals surface area (Å²) in [6, 6.07) is 5.65. The molecule has 0 saturated heterocycles. The number of hydrogen-bond acceptors (Lipinski definition) is 3. The highest BCUT2D eigenvalue weighted by Gasteiger charge is 2.44. The zero-order valence-corrected chi connectivity index (χ0v) is 11.2. The number of carboxylic acids is 1. The van der Waals surface area contributed by atoms with E-state index in [1.54, 1.807) is 6.07 Å². The molecule has 1 aliphatic carbocycles. The Labute approximate surface area is 117 Å². The van der Waals surface area contributed by atoms with E-state index in [2.05, 4.69) is 10.6 Å². The molecule has 0 radical (unpaired) electrons. The Kier molecular flexibility index (Phi) is 3.22. The molecular weight excluding hydrogens is 256 g/mol. The predicted molar refractivity (Wildman–Crippen MR) is 73.2 cm³/mol. The number of benzene rings is 1. The standard InChI is InChI=1S/C15H18N2O3/c18-13(17-9-15(14(19)20)4-1-5-15)10-2-3-11-7-16-8-12(11)6-10/h2-3,6,16H,1,4-5,7-9H2,(H,17,18)(H,19,20). The van der Waals surface area contributed by atoms with Gasteiger partial charge in [-0.05, 0) is 36.1 Å². The third kappa shape index (κ3) is 2.18. The van der Waals surface area contributed by atoms with Crippen molar-refractivity contribution >= 4 is 11.9 Å². The summed E-state index contributed by atoms with van der Waals surface area (Å²) in [5.41, 5.74) is 2.23. The summed E-state index contributed by atoms with van der Waals surface area (Å²) in [4.78, 5) is 23.4. The van der Waals surface area contributed by atoms with Crippen molar-refractivity contribution in [2.45, 2.75) is 32.4 Å². The molecule has 0 aromatic heterocycles. The van der Waals surface area contributed by atoms with Crippen molar-refractivity contribution in [1.82, 2.24) is 10.6 Å². The lowest BCUT2D eigenvalue weighted by Gasteiger charge is -2.37. The third-order valence-electron chi connectivity index (χ3n) is 4.45. The summed E-state index contributed by atoms with van der Waals surface area (Å²) in [5, 5.41) is 15.2. The fourth-order valence-electron chi connectivity index (χ4n) is 2.86. The van der Waals surface area contributed by atoms with Crippen LogP contribution in [0.15, 0.2) is 18.2 Å². The molecule has 0 spiro atoms. The predicted octanol–water partition coefficient (Wildman–Crippen LogP) is 1.27. The quantitative estimate of drug-likeness (QED) is 0.772. The first-order chi connectivity index (χ1) is 9.61. The fourth-order valence-corrected chi connectivity index (χ4v) is 2.86. The van der Waals surface area contributed by atoms with Gasteiger partial charge >= 0.3 is 5.97 Å². The smallest absolute Gasteiger partial charge is 0.311 e. The van der Waals surface area contributed by atoms with Crippen molar-refractivity contribution < 1.29 is 14.7 Å². The van der Waals surface area contributed by atoms with E-state index in [4.69, 9.17) is 0 Å². The molecule has 20 heavy (non-hydrogen) atoms. The van der Waals surface area contributed by atoms with E-state index in [0.29, 0.717) is 18.4 Å². The van der Waals surface area contributed by atoms with Crippen LogP contribution in [0.25, 0.3) is 0 Å². The second-order valence-corrected chi connectivity index (χ2v) is 5.71. The first-order valence-corrected chi connectivity index (χ1v) is 6.95. The molecular formula is C15H18N2O3. The average molecular weight is 274 g/mol. The van der Waals surface area contributed by atoms with Crippen LogP contribution in [0.1, 0.15) is 40.7 Å². The Balaban J connectivity index is 1.66. The van der Waals surface area contributed by atoms with Crippen LogP contribution in [0, 0.1) is 5.41 Å². The molecule has 0 atom stereocenters. The van der Waals surface area contributed by atoms with E-state index >= 15 is 0 Å². The first kappa shape index (κ1) is 13.1. The van der Waals surface area contributed by atoms with E-state index in [1.165, 1.54) is 5.56 Å². The zero-order valence-electron chi connectivity index (χ0n) is 11.2. The van der Waals surface area contributed by atoms with Gasteiger partial charge < -0.3 is 15.7 Å². The Morgan fingerprint density at radius 2 is 2.00 bits per heavy atom. The maximum Gasteiger partial charge on any atom is 0.311 e. The molecule has 106 valence electrons. The second-order valence-electron chi connectivity index (χ2n) is 5.71. The number of amides is 1. The summed E-state index contributed by atoms with van der Waals surface area (Å²) in [6.07, 6.45) is 2.22. The van der Waals surface area contributed by atoms with Crippen molar-refractivity contribution in [3.8, 4) is 0 Å². The van der Waals surface area contributed by atoms with Gasteiger partial charge in [-0.1, -0.05) is 12.5 Å². The summed E-state index contributed by atoms with van der Waals surface area (Å²) >= 11 is 0. The normalized spacial score (nSPS) is 19.0. The summed E-state index contributed by atoms with van der Waals surface area (Å²) in [7, 11) is 0. The molecule has 2 aliphatic rings. The molecule has 1 heterocycles. The number of rotatable bonds is 4. The Morgan fingerprint density at radius 1 is 1.25 bits per heavy atom. The number of carboxylic acid groups (broad SMARTS) is 1. The number of carbonyl (C=O) groups is 2. The van der Waals surface area contributed by atoms with Gasteiger partial charge in [-0.3, -0.25) is 9.59 Å². The monoisotopic (exact) mass is 274 g/mol.